The first-order chi connectivity index (χ1) is 18.2. The van der Waals surface area contributed by atoms with Crippen LogP contribution in [0.15, 0.2) is 85.1 Å². The number of nitrogens with zero attached hydrogens (tertiary/aromatic N) is 2. The van der Waals surface area contributed by atoms with Crippen LogP contribution < -0.4 is 0 Å². The van der Waals surface area contributed by atoms with E-state index in [9.17, 15) is 4.79 Å². The molecule has 4 rings (SSSR count). The summed E-state index contributed by atoms with van der Waals surface area (Å²) in [7, 11) is 0. The number of H-pyrrole nitrogens is 1. The third-order valence-electron chi connectivity index (χ3n) is 7.10. The van der Waals surface area contributed by atoms with Crippen LogP contribution in [-0.4, -0.2) is 40.3 Å². The van der Waals surface area contributed by atoms with E-state index < -0.39 is 0 Å². The minimum absolute atomic E-state index is 0.109. The highest BCUT2D eigenvalue weighted by atomic mass is 16.2. The second-order valence-corrected chi connectivity index (χ2v) is 11.9. The first kappa shape index (κ1) is 27.7. The lowest BCUT2D eigenvalue weighted by molar-refractivity contribution is -0.133. The molecule has 0 radical (unpaired) electrons. The van der Waals surface area contributed by atoms with Crippen molar-refractivity contribution in [2.45, 2.75) is 59.5 Å². The number of hydrogen-bond donors (Lipinski definition) is 1. The highest BCUT2D eigenvalue weighted by molar-refractivity contribution is 5.83. The van der Waals surface area contributed by atoms with E-state index in [1.54, 1.807) is 0 Å². The monoisotopic (exact) mass is 509 g/mol. The molecule has 0 aliphatic rings. The van der Waals surface area contributed by atoms with Crippen LogP contribution in [-0.2, 0) is 29.7 Å². The maximum absolute atomic E-state index is 13.9. The molecule has 38 heavy (non-hydrogen) atoms. The van der Waals surface area contributed by atoms with Gasteiger partial charge in [-0.25, -0.2) is 0 Å². The number of benzene rings is 3. The van der Waals surface area contributed by atoms with Crippen molar-refractivity contribution in [3.63, 3.8) is 0 Å². The summed E-state index contributed by atoms with van der Waals surface area (Å²) in [5, 5.41) is 1.24. The molecule has 200 valence electrons. The number of aromatic nitrogens is 1. The zero-order valence-corrected chi connectivity index (χ0v) is 23.7. The average molecular weight is 510 g/mol. The summed E-state index contributed by atoms with van der Waals surface area (Å²) in [6.07, 6.45) is 2.91. The van der Waals surface area contributed by atoms with Crippen molar-refractivity contribution >= 4 is 16.8 Å². The predicted octanol–water partition coefficient (Wildman–Crippen LogP) is 7.19. The highest BCUT2D eigenvalue weighted by Gasteiger charge is 2.20. The molecule has 4 aromatic rings. The van der Waals surface area contributed by atoms with Gasteiger partial charge in [-0.1, -0.05) is 107 Å². The van der Waals surface area contributed by atoms with Gasteiger partial charge in [-0.2, -0.15) is 0 Å². The summed E-state index contributed by atoms with van der Waals surface area (Å²) in [5.74, 6) is 0.664. The second-order valence-electron chi connectivity index (χ2n) is 11.9. The molecule has 3 aromatic carbocycles. The Morgan fingerprint density at radius 1 is 0.842 bits per heavy atom. The Bertz CT molecular complexity index is 1300. The molecule has 0 aliphatic carbocycles. The van der Waals surface area contributed by atoms with Crippen LogP contribution in [0, 0.1) is 5.92 Å². The number of aromatic amines is 1. The Morgan fingerprint density at radius 2 is 1.50 bits per heavy atom. The molecule has 0 aliphatic heterocycles. The van der Waals surface area contributed by atoms with Gasteiger partial charge in [0.25, 0.3) is 0 Å². The fraction of sp³-hybridized carbons (Fsp3) is 0.382. The summed E-state index contributed by atoms with van der Waals surface area (Å²) < 4.78 is 0. The van der Waals surface area contributed by atoms with Crippen molar-refractivity contribution in [2.24, 2.45) is 5.92 Å². The van der Waals surface area contributed by atoms with Crippen molar-refractivity contribution in [3.05, 3.63) is 107 Å². The quantitative estimate of drug-likeness (QED) is 0.232. The largest absolute Gasteiger partial charge is 0.361 e. The second kappa shape index (κ2) is 12.4. The molecule has 0 spiro atoms. The van der Waals surface area contributed by atoms with Crippen molar-refractivity contribution in [3.8, 4) is 0 Å². The van der Waals surface area contributed by atoms with E-state index in [4.69, 9.17) is 0 Å². The van der Waals surface area contributed by atoms with Gasteiger partial charge in [-0.3, -0.25) is 9.69 Å². The van der Waals surface area contributed by atoms with Gasteiger partial charge in [0.1, 0.15) is 0 Å². The summed E-state index contributed by atoms with van der Waals surface area (Å²) >= 11 is 0. The Morgan fingerprint density at radius 3 is 2.18 bits per heavy atom. The molecule has 0 saturated heterocycles. The van der Waals surface area contributed by atoms with E-state index in [0.717, 1.165) is 25.0 Å². The number of rotatable bonds is 11. The lowest BCUT2D eigenvalue weighted by atomic mass is 9.87. The first-order valence-corrected chi connectivity index (χ1v) is 13.9. The molecule has 0 fully saturated rings. The van der Waals surface area contributed by atoms with Crippen molar-refractivity contribution in [2.75, 3.05) is 19.6 Å². The first-order valence-electron chi connectivity index (χ1n) is 13.9. The Kier molecular flexibility index (Phi) is 9.06. The van der Waals surface area contributed by atoms with Gasteiger partial charge in [0.15, 0.2) is 0 Å². The maximum atomic E-state index is 13.9. The van der Waals surface area contributed by atoms with Gasteiger partial charge in [0.05, 0.1) is 6.54 Å². The Balaban J connectivity index is 1.53. The van der Waals surface area contributed by atoms with Crippen molar-refractivity contribution in [1.29, 1.82) is 0 Å². The fourth-order valence-electron chi connectivity index (χ4n) is 5.05. The molecular weight excluding hydrogens is 466 g/mol. The molecule has 0 bridgehead atoms. The lowest BCUT2D eigenvalue weighted by Crippen LogP contribution is -2.42. The van der Waals surface area contributed by atoms with Gasteiger partial charge in [-0.15, -0.1) is 0 Å². The Hall–Kier alpha value is -3.37. The van der Waals surface area contributed by atoms with Gasteiger partial charge in [-0.05, 0) is 46.1 Å². The number of amides is 1. The van der Waals surface area contributed by atoms with Gasteiger partial charge in [0, 0.05) is 43.3 Å². The topological polar surface area (TPSA) is 39.3 Å². The third-order valence-corrected chi connectivity index (χ3v) is 7.10. The maximum Gasteiger partial charge on any atom is 0.237 e. The lowest BCUT2D eigenvalue weighted by Gasteiger charge is -2.29. The molecule has 1 N–H and O–H groups in total. The molecular formula is C34H43N3O. The van der Waals surface area contributed by atoms with Crippen LogP contribution >= 0.6 is 0 Å². The molecule has 4 heteroatoms. The number of hydrogen-bond acceptors (Lipinski definition) is 2. The number of carbonyl (C=O) groups excluding carboxylic acids is 1. The van der Waals surface area contributed by atoms with Crippen LogP contribution in [0.25, 0.3) is 10.9 Å². The molecule has 0 saturated carbocycles. The van der Waals surface area contributed by atoms with Crippen LogP contribution in [0.1, 0.15) is 56.9 Å². The van der Waals surface area contributed by atoms with E-state index in [0.29, 0.717) is 25.6 Å². The zero-order chi connectivity index (χ0) is 27.1. The fourth-order valence-corrected chi connectivity index (χ4v) is 5.05. The van der Waals surface area contributed by atoms with Gasteiger partial charge in [0.2, 0.25) is 5.91 Å². The van der Waals surface area contributed by atoms with Crippen LogP contribution in [0.3, 0.4) is 0 Å². The Labute approximate surface area is 228 Å². The van der Waals surface area contributed by atoms with Gasteiger partial charge >= 0.3 is 0 Å². The van der Waals surface area contributed by atoms with Crippen LogP contribution in [0.2, 0.25) is 0 Å². The van der Waals surface area contributed by atoms with E-state index in [2.05, 4.69) is 123 Å². The summed E-state index contributed by atoms with van der Waals surface area (Å²) in [6, 6.07) is 27.6. The molecule has 1 aromatic heterocycles. The van der Waals surface area contributed by atoms with E-state index in [1.807, 2.05) is 11.0 Å². The standard InChI is InChI=1S/C34H43N3O/c1-26(2)22-36(23-27-11-7-6-8-12-27)25-33(38)37(24-28-15-17-30(18-16-28)34(3,4)5)20-19-29-21-35-32-14-10-9-13-31(29)32/h6-18,21,26,35H,19-20,22-25H2,1-5H3. The molecule has 1 heterocycles. The minimum atomic E-state index is 0.109. The zero-order valence-electron chi connectivity index (χ0n) is 23.7. The predicted molar refractivity (Wildman–Crippen MR) is 159 cm³/mol. The SMILES string of the molecule is CC(C)CN(CC(=O)N(CCc1c[nH]c2ccccc12)Cc1ccc(C(C)(C)C)cc1)Cc1ccccc1. The minimum Gasteiger partial charge on any atom is -0.361 e. The number of carbonyl (C=O) groups is 1. The van der Waals surface area contributed by atoms with Crippen LogP contribution in [0.5, 0.6) is 0 Å². The van der Waals surface area contributed by atoms with E-state index in [1.165, 1.54) is 27.6 Å². The van der Waals surface area contributed by atoms with Crippen LogP contribution in [0.4, 0.5) is 0 Å². The summed E-state index contributed by atoms with van der Waals surface area (Å²) in [6.45, 7) is 14.5. The van der Waals surface area contributed by atoms with Crippen molar-refractivity contribution in [1.82, 2.24) is 14.8 Å². The molecule has 4 nitrogen and oxygen atoms in total. The van der Waals surface area contributed by atoms with Crippen molar-refractivity contribution < 1.29 is 4.79 Å². The molecule has 1 amide bonds. The number of fused-ring (bicyclic) bond motifs is 1. The third kappa shape index (κ3) is 7.58. The summed E-state index contributed by atoms with van der Waals surface area (Å²) in [5.41, 5.74) is 6.23. The van der Waals surface area contributed by atoms with Gasteiger partial charge < -0.3 is 9.88 Å². The smallest absolute Gasteiger partial charge is 0.237 e. The number of para-hydroxylation sites is 1. The highest BCUT2D eigenvalue weighted by Crippen LogP contribution is 2.23. The van der Waals surface area contributed by atoms with E-state index >= 15 is 0 Å². The normalized spacial score (nSPS) is 12.0. The summed E-state index contributed by atoms with van der Waals surface area (Å²) in [4.78, 5) is 21.6. The molecule has 0 unspecified atom stereocenters. The van der Waals surface area contributed by atoms with E-state index in [-0.39, 0.29) is 11.3 Å². The number of nitrogens with one attached hydrogen (secondary N) is 1. The molecule has 0 atom stereocenters. The average Bonchev–Trinajstić information content (AvgIpc) is 3.29.